The molecule has 3 aromatic rings. The molecule has 1 heterocycles. The molecule has 0 aliphatic carbocycles. The maximum absolute atomic E-state index is 13.4. The summed E-state index contributed by atoms with van der Waals surface area (Å²) in [6, 6.07) is 15.3. The van der Waals surface area contributed by atoms with Crippen LogP contribution >= 0.6 is 0 Å². The highest BCUT2D eigenvalue weighted by atomic mass is 16.4. The van der Waals surface area contributed by atoms with Gasteiger partial charge in [-0.1, -0.05) is 30.3 Å². The number of amides is 2. The Bertz CT molecular complexity index is 1120. The van der Waals surface area contributed by atoms with E-state index in [1.165, 1.54) is 66.7 Å². The van der Waals surface area contributed by atoms with Gasteiger partial charge in [-0.3, -0.25) is 14.5 Å². The summed E-state index contributed by atoms with van der Waals surface area (Å²) in [6.07, 6.45) is 0. The van der Waals surface area contributed by atoms with E-state index in [1.54, 1.807) is 0 Å². The molecule has 2 aromatic carbocycles. The van der Waals surface area contributed by atoms with E-state index in [0.717, 1.165) is 4.90 Å². The van der Waals surface area contributed by atoms with Crippen molar-refractivity contribution in [3.05, 3.63) is 89.2 Å². The fourth-order valence-corrected chi connectivity index (χ4v) is 2.85. The number of carboxylic acids is 2. The highest BCUT2D eigenvalue weighted by molar-refractivity contribution is 6.15. The molecule has 0 spiro atoms. The lowest BCUT2D eigenvalue weighted by atomic mass is 10.1. The second kappa shape index (κ2) is 8.23. The number of rotatable bonds is 6. The van der Waals surface area contributed by atoms with Gasteiger partial charge in [-0.05, 0) is 36.4 Å². The smallest absolute Gasteiger partial charge is 0.337 e. The molecule has 0 atom stereocenters. The standard InChI is InChI=1S/C21H15N3O6/c22-18(25)14-8-5-9-15(23-14)19(26)24(16-10-3-1-6-12(16)20(27)28)17-11-4-2-7-13(17)21(29)30/h1-11H,(H2,22,25)(H,27,28)(H,29,30). The molecular formula is C21H15N3O6. The molecule has 2 amide bonds. The third-order valence-electron chi connectivity index (χ3n) is 4.17. The molecule has 0 radical (unpaired) electrons. The van der Waals surface area contributed by atoms with Gasteiger partial charge < -0.3 is 15.9 Å². The van der Waals surface area contributed by atoms with Crippen molar-refractivity contribution >= 4 is 35.1 Å². The number of carbonyl (C=O) groups excluding carboxylic acids is 2. The van der Waals surface area contributed by atoms with E-state index in [-0.39, 0.29) is 33.9 Å². The number of aromatic nitrogens is 1. The molecule has 150 valence electrons. The predicted molar refractivity (Wildman–Crippen MR) is 106 cm³/mol. The number of para-hydroxylation sites is 2. The van der Waals surface area contributed by atoms with E-state index >= 15 is 0 Å². The molecule has 0 aliphatic heterocycles. The van der Waals surface area contributed by atoms with Gasteiger partial charge in [0.2, 0.25) is 0 Å². The number of hydrogen-bond acceptors (Lipinski definition) is 5. The van der Waals surface area contributed by atoms with Crippen molar-refractivity contribution < 1.29 is 29.4 Å². The zero-order valence-corrected chi connectivity index (χ0v) is 15.4. The summed E-state index contributed by atoms with van der Waals surface area (Å²) in [5.74, 6) is -4.31. The van der Waals surface area contributed by atoms with Crippen LogP contribution in [0.3, 0.4) is 0 Å². The molecule has 9 nitrogen and oxygen atoms in total. The van der Waals surface area contributed by atoms with Gasteiger partial charge >= 0.3 is 11.9 Å². The van der Waals surface area contributed by atoms with Gasteiger partial charge in [-0.25, -0.2) is 14.6 Å². The van der Waals surface area contributed by atoms with E-state index in [9.17, 15) is 29.4 Å². The molecule has 0 unspecified atom stereocenters. The highest BCUT2D eigenvalue weighted by Gasteiger charge is 2.28. The van der Waals surface area contributed by atoms with Crippen LogP contribution in [0.1, 0.15) is 41.7 Å². The number of anilines is 2. The number of nitrogens with zero attached hydrogens (tertiary/aromatic N) is 2. The topological polar surface area (TPSA) is 151 Å². The number of hydrogen-bond donors (Lipinski definition) is 3. The number of pyridine rings is 1. The Morgan fingerprint density at radius 3 is 1.63 bits per heavy atom. The SMILES string of the molecule is NC(=O)c1cccc(C(=O)N(c2ccccc2C(=O)O)c2ccccc2C(=O)O)n1. The van der Waals surface area contributed by atoms with E-state index in [2.05, 4.69) is 4.98 Å². The first-order valence-corrected chi connectivity index (χ1v) is 8.57. The summed E-state index contributed by atoms with van der Waals surface area (Å²) in [5.41, 5.74) is 4.27. The van der Waals surface area contributed by atoms with Gasteiger partial charge in [-0.2, -0.15) is 0 Å². The minimum atomic E-state index is -1.31. The minimum absolute atomic E-state index is 0.0602. The van der Waals surface area contributed by atoms with Crippen LogP contribution in [-0.2, 0) is 0 Å². The van der Waals surface area contributed by atoms with Crippen LogP contribution < -0.4 is 10.6 Å². The number of primary amides is 1. The molecule has 0 saturated heterocycles. The quantitative estimate of drug-likeness (QED) is 0.570. The average molecular weight is 405 g/mol. The summed E-state index contributed by atoms with van der Waals surface area (Å²) in [5, 5.41) is 19.2. The summed E-state index contributed by atoms with van der Waals surface area (Å²) >= 11 is 0. The largest absolute Gasteiger partial charge is 0.478 e. The van der Waals surface area contributed by atoms with Crippen LogP contribution in [0.4, 0.5) is 11.4 Å². The molecule has 1 aromatic heterocycles. The third-order valence-corrected chi connectivity index (χ3v) is 4.17. The summed E-state index contributed by atoms with van der Waals surface area (Å²) in [7, 11) is 0. The number of nitrogens with two attached hydrogens (primary N) is 1. The molecule has 0 fully saturated rings. The van der Waals surface area contributed by atoms with Gasteiger partial charge in [0.25, 0.3) is 11.8 Å². The molecule has 0 aliphatic rings. The van der Waals surface area contributed by atoms with Crippen LogP contribution in [0.25, 0.3) is 0 Å². The first-order valence-electron chi connectivity index (χ1n) is 8.57. The van der Waals surface area contributed by atoms with Crippen LogP contribution in [0.2, 0.25) is 0 Å². The molecule has 0 saturated carbocycles. The first kappa shape index (κ1) is 20.2. The molecule has 4 N–H and O–H groups in total. The van der Waals surface area contributed by atoms with Crippen molar-refractivity contribution in [3.8, 4) is 0 Å². The maximum atomic E-state index is 13.4. The first-order chi connectivity index (χ1) is 14.3. The molecular weight excluding hydrogens is 390 g/mol. The number of carbonyl (C=O) groups is 4. The molecule has 9 heteroatoms. The van der Waals surface area contributed by atoms with E-state index in [1.807, 2.05) is 0 Å². The second-order valence-electron chi connectivity index (χ2n) is 6.06. The zero-order chi connectivity index (χ0) is 21.8. The Kier molecular flexibility index (Phi) is 5.54. The van der Waals surface area contributed by atoms with Crippen molar-refractivity contribution in [2.45, 2.75) is 0 Å². The van der Waals surface area contributed by atoms with Crippen LogP contribution in [-0.4, -0.2) is 39.0 Å². The average Bonchev–Trinajstić information content (AvgIpc) is 2.74. The fourth-order valence-electron chi connectivity index (χ4n) is 2.85. The maximum Gasteiger partial charge on any atom is 0.337 e. The van der Waals surface area contributed by atoms with Gasteiger partial charge in [-0.15, -0.1) is 0 Å². The monoisotopic (exact) mass is 405 g/mol. The minimum Gasteiger partial charge on any atom is -0.478 e. The van der Waals surface area contributed by atoms with Gasteiger partial charge in [0.05, 0.1) is 22.5 Å². The molecule has 0 bridgehead atoms. The van der Waals surface area contributed by atoms with Crippen molar-refractivity contribution in [1.82, 2.24) is 4.98 Å². The van der Waals surface area contributed by atoms with E-state index in [0.29, 0.717) is 0 Å². The number of aromatic carboxylic acids is 2. The van der Waals surface area contributed by atoms with Gasteiger partial charge in [0.1, 0.15) is 11.4 Å². The van der Waals surface area contributed by atoms with Gasteiger partial charge in [0.15, 0.2) is 0 Å². The van der Waals surface area contributed by atoms with Crippen LogP contribution in [0.5, 0.6) is 0 Å². The highest BCUT2D eigenvalue weighted by Crippen LogP contribution is 2.33. The van der Waals surface area contributed by atoms with Crippen molar-refractivity contribution in [2.75, 3.05) is 4.90 Å². The second-order valence-corrected chi connectivity index (χ2v) is 6.06. The number of carboxylic acid groups (broad SMARTS) is 2. The molecule has 3 rings (SSSR count). The Morgan fingerprint density at radius 2 is 1.17 bits per heavy atom. The fraction of sp³-hybridized carbons (Fsp3) is 0. The zero-order valence-electron chi connectivity index (χ0n) is 15.4. The Hall–Kier alpha value is -4.53. The molecule has 30 heavy (non-hydrogen) atoms. The number of benzene rings is 2. The van der Waals surface area contributed by atoms with Crippen molar-refractivity contribution in [1.29, 1.82) is 0 Å². The third kappa shape index (κ3) is 3.85. The normalized spacial score (nSPS) is 10.3. The Morgan fingerprint density at radius 1 is 0.700 bits per heavy atom. The summed E-state index contributed by atoms with van der Waals surface area (Å²) in [6.45, 7) is 0. The van der Waals surface area contributed by atoms with E-state index in [4.69, 9.17) is 5.73 Å². The summed E-state index contributed by atoms with van der Waals surface area (Å²) in [4.78, 5) is 53.2. The predicted octanol–water partition coefficient (Wildman–Crippen LogP) is 2.56. The van der Waals surface area contributed by atoms with Gasteiger partial charge in [0, 0.05) is 0 Å². The summed E-state index contributed by atoms with van der Waals surface area (Å²) < 4.78 is 0. The Balaban J connectivity index is 2.28. The van der Waals surface area contributed by atoms with Crippen molar-refractivity contribution in [3.63, 3.8) is 0 Å². The van der Waals surface area contributed by atoms with E-state index < -0.39 is 23.8 Å². The lowest BCUT2D eigenvalue weighted by Crippen LogP contribution is -2.30. The lowest BCUT2D eigenvalue weighted by Gasteiger charge is -2.25. The van der Waals surface area contributed by atoms with Crippen molar-refractivity contribution in [2.24, 2.45) is 5.73 Å². The lowest BCUT2D eigenvalue weighted by molar-refractivity contribution is 0.0688. The van der Waals surface area contributed by atoms with Crippen LogP contribution in [0.15, 0.2) is 66.7 Å². The Labute approximate surface area is 170 Å². The van der Waals surface area contributed by atoms with Crippen LogP contribution in [0, 0.1) is 0 Å².